The van der Waals surface area contributed by atoms with E-state index >= 15 is 0 Å². The number of aromatic nitrogens is 1. The summed E-state index contributed by atoms with van der Waals surface area (Å²) in [5, 5.41) is 18.6. The van der Waals surface area contributed by atoms with Crippen molar-refractivity contribution in [3.8, 4) is 0 Å². The van der Waals surface area contributed by atoms with Crippen LogP contribution in [-0.2, 0) is 16.1 Å². The molecule has 2 heterocycles. The van der Waals surface area contributed by atoms with E-state index < -0.39 is 17.1 Å². The highest BCUT2D eigenvalue weighted by molar-refractivity contribution is 6.21. The number of hydrogen-bond acceptors (Lipinski definition) is 5. The number of ether oxygens (including phenoxy) is 1. The van der Waals surface area contributed by atoms with E-state index in [1.807, 2.05) is 25.1 Å². The third-order valence-electron chi connectivity index (χ3n) is 4.40. The predicted octanol–water partition coefficient (Wildman–Crippen LogP) is 3.28. The Kier molecular flexibility index (Phi) is 4.22. The predicted molar refractivity (Wildman–Crippen MR) is 98.6 cm³/mol. The summed E-state index contributed by atoms with van der Waals surface area (Å²) < 4.78 is 5.50. The van der Waals surface area contributed by atoms with E-state index in [4.69, 9.17) is 10.1 Å². The smallest absolute Gasteiger partial charge is 0.342 e. The number of pyridine rings is 1. The Labute approximate surface area is 153 Å². The molecule has 1 aliphatic carbocycles. The lowest BCUT2D eigenvalue weighted by atomic mass is 9.86. The number of allylic oxidation sites excluding steroid dienone is 1. The molecule has 0 amide bonds. The maximum atomic E-state index is 12.8. The molecule has 26 heavy (non-hydrogen) atoms. The molecule has 0 saturated carbocycles. The largest absolute Gasteiger partial charge is 0.508 e. The zero-order valence-electron chi connectivity index (χ0n) is 15.4. The van der Waals surface area contributed by atoms with Crippen molar-refractivity contribution >= 4 is 11.8 Å². The molecule has 1 aliphatic heterocycles. The molecule has 0 bridgehead atoms. The van der Waals surface area contributed by atoms with Crippen molar-refractivity contribution in [2.24, 2.45) is 0 Å². The Morgan fingerprint density at radius 1 is 1.38 bits per heavy atom. The van der Waals surface area contributed by atoms with Gasteiger partial charge in [-0.05, 0) is 52.0 Å². The van der Waals surface area contributed by atoms with E-state index in [1.165, 1.54) is 6.08 Å². The molecule has 6 nitrogen and oxygen atoms in total. The Hall–Kier alpha value is -2.89. The van der Waals surface area contributed by atoms with Gasteiger partial charge in [0.15, 0.2) is 0 Å². The van der Waals surface area contributed by atoms with Crippen LogP contribution >= 0.6 is 0 Å². The summed E-state index contributed by atoms with van der Waals surface area (Å²) in [6.07, 6.45) is 6.61. The lowest BCUT2D eigenvalue weighted by molar-refractivity contribution is -0.149. The normalized spacial score (nSPS) is 22.4. The first-order valence-corrected chi connectivity index (χ1v) is 8.46. The number of aliphatic hydroxyl groups is 1. The average Bonchev–Trinajstić information content (AvgIpc) is 2.75. The minimum atomic E-state index is -0.729. The molecule has 0 aromatic carbocycles. The van der Waals surface area contributed by atoms with Crippen LogP contribution < -0.4 is 0 Å². The number of carbonyl (C=O) groups excluding carboxylic acids is 1. The molecule has 0 fully saturated rings. The van der Waals surface area contributed by atoms with E-state index in [0.717, 1.165) is 5.69 Å². The average molecular weight is 353 g/mol. The molecule has 6 heteroatoms. The molecule has 0 saturated heterocycles. The lowest BCUT2D eigenvalue weighted by Gasteiger charge is -2.37. The molecular formula is C20H23N3O3. The molecule has 1 unspecified atom stereocenters. The van der Waals surface area contributed by atoms with E-state index in [-0.39, 0.29) is 17.2 Å². The second-order valence-electron chi connectivity index (χ2n) is 7.60. The van der Waals surface area contributed by atoms with Gasteiger partial charge in [0, 0.05) is 11.8 Å². The number of aliphatic hydroxyl groups excluding tert-OH is 1. The van der Waals surface area contributed by atoms with Gasteiger partial charge in [0.1, 0.15) is 22.8 Å². The molecule has 0 radical (unpaired) electrons. The maximum Gasteiger partial charge on any atom is 0.342 e. The monoisotopic (exact) mass is 353 g/mol. The lowest BCUT2D eigenvalue weighted by Crippen LogP contribution is -2.44. The summed E-state index contributed by atoms with van der Waals surface area (Å²) in [7, 11) is 0. The number of nitrogens with one attached hydrogen (secondary N) is 1. The van der Waals surface area contributed by atoms with Crippen LogP contribution in [-0.4, -0.2) is 37.9 Å². The van der Waals surface area contributed by atoms with Crippen LogP contribution in [0, 0.1) is 5.41 Å². The van der Waals surface area contributed by atoms with Crippen molar-refractivity contribution in [3.05, 3.63) is 65.2 Å². The van der Waals surface area contributed by atoms with Gasteiger partial charge in [0.05, 0.1) is 17.8 Å². The van der Waals surface area contributed by atoms with Crippen LogP contribution in [0.15, 0.2) is 59.5 Å². The topological polar surface area (TPSA) is 86.5 Å². The third-order valence-corrected chi connectivity index (χ3v) is 4.40. The molecule has 1 aromatic rings. The van der Waals surface area contributed by atoms with Gasteiger partial charge in [-0.2, -0.15) is 0 Å². The number of rotatable bonds is 3. The minimum absolute atomic E-state index is 0.0472. The van der Waals surface area contributed by atoms with Crippen molar-refractivity contribution in [2.45, 2.75) is 45.4 Å². The molecular weight excluding hydrogens is 330 g/mol. The second-order valence-corrected chi connectivity index (χ2v) is 7.60. The summed E-state index contributed by atoms with van der Waals surface area (Å²) in [4.78, 5) is 18.9. The van der Waals surface area contributed by atoms with Crippen LogP contribution in [0.2, 0.25) is 0 Å². The fourth-order valence-corrected chi connectivity index (χ4v) is 3.17. The summed E-state index contributed by atoms with van der Waals surface area (Å²) in [6, 6.07) is 5.59. The number of hydrogen-bond donors (Lipinski definition) is 2. The second kappa shape index (κ2) is 6.12. The molecule has 1 aromatic heterocycles. The van der Waals surface area contributed by atoms with Crippen molar-refractivity contribution in [1.29, 1.82) is 5.41 Å². The van der Waals surface area contributed by atoms with E-state index in [2.05, 4.69) is 4.98 Å². The standard InChI is InChI=1S/C20H23N3O3/c1-19(2,3)26-18(25)16-15-11-14(24)8-9-20(15,4)23(17(16)21)12-13-7-5-6-10-22-13/h5-11,21,24H,12H2,1-4H3. The van der Waals surface area contributed by atoms with Crippen molar-refractivity contribution < 1.29 is 14.6 Å². The van der Waals surface area contributed by atoms with Crippen molar-refractivity contribution in [1.82, 2.24) is 9.88 Å². The SMILES string of the molecule is CC(C)(C)OC(=O)C1=C2C=C(O)C=CC2(C)N(Cc2ccccn2)C1=N. The molecule has 1 atom stereocenters. The first kappa shape index (κ1) is 17.9. The van der Waals surface area contributed by atoms with Crippen molar-refractivity contribution in [3.63, 3.8) is 0 Å². The van der Waals surface area contributed by atoms with Crippen molar-refractivity contribution in [2.75, 3.05) is 0 Å². The number of carbonyl (C=O) groups is 1. The van der Waals surface area contributed by atoms with E-state index in [1.54, 1.807) is 44.0 Å². The van der Waals surface area contributed by atoms with Crippen LogP contribution in [0.3, 0.4) is 0 Å². The van der Waals surface area contributed by atoms with Gasteiger partial charge in [-0.15, -0.1) is 0 Å². The molecule has 2 N–H and O–H groups in total. The van der Waals surface area contributed by atoms with Crippen LogP contribution in [0.5, 0.6) is 0 Å². The van der Waals surface area contributed by atoms with E-state index in [0.29, 0.717) is 12.1 Å². The first-order chi connectivity index (χ1) is 12.1. The summed E-state index contributed by atoms with van der Waals surface area (Å²) in [6.45, 7) is 7.64. The molecule has 0 spiro atoms. The Morgan fingerprint density at radius 2 is 2.12 bits per heavy atom. The van der Waals surface area contributed by atoms with Gasteiger partial charge < -0.3 is 14.7 Å². The fourth-order valence-electron chi connectivity index (χ4n) is 3.17. The van der Waals surface area contributed by atoms with Crippen LogP contribution in [0.4, 0.5) is 0 Å². The summed E-state index contributed by atoms with van der Waals surface area (Å²) >= 11 is 0. The highest BCUT2D eigenvalue weighted by Crippen LogP contribution is 2.42. The maximum absolute atomic E-state index is 12.8. The van der Waals surface area contributed by atoms with Gasteiger partial charge >= 0.3 is 5.97 Å². The van der Waals surface area contributed by atoms with Crippen LogP contribution in [0.1, 0.15) is 33.4 Å². The van der Waals surface area contributed by atoms with Gasteiger partial charge in [-0.3, -0.25) is 10.4 Å². The highest BCUT2D eigenvalue weighted by Gasteiger charge is 2.48. The van der Waals surface area contributed by atoms with Gasteiger partial charge in [-0.1, -0.05) is 12.1 Å². The zero-order chi connectivity index (χ0) is 19.1. The number of nitrogens with zero attached hydrogens (tertiary/aromatic N) is 2. The Morgan fingerprint density at radius 3 is 2.73 bits per heavy atom. The molecule has 136 valence electrons. The minimum Gasteiger partial charge on any atom is -0.508 e. The third kappa shape index (κ3) is 3.14. The molecule has 2 aliphatic rings. The molecule has 3 rings (SSSR count). The Balaban J connectivity index is 2.04. The van der Waals surface area contributed by atoms with E-state index in [9.17, 15) is 9.90 Å². The Bertz CT molecular complexity index is 847. The quantitative estimate of drug-likeness (QED) is 0.815. The number of esters is 1. The number of amidine groups is 1. The summed E-state index contributed by atoms with van der Waals surface area (Å²) in [5.74, 6) is -0.449. The first-order valence-electron chi connectivity index (χ1n) is 8.46. The zero-order valence-corrected chi connectivity index (χ0v) is 15.4. The van der Waals surface area contributed by atoms with Gasteiger partial charge in [0.25, 0.3) is 0 Å². The van der Waals surface area contributed by atoms with Crippen LogP contribution in [0.25, 0.3) is 0 Å². The fraction of sp³-hybridized carbons (Fsp3) is 0.350. The highest BCUT2D eigenvalue weighted by atomic mass is 16.6. The summed E-state index contributed by atoms with van der Waals surface area (Å²) in [5.41, 5.74) is 0.122. The number of fused-ring (bicyclic) bond motifs is 1. The van der Waals surface area contributed by atoms with Gasteiger partial charge in [-0.25, -0.2) is 4.79 Å². The van der Waals surface area contributed by atoms with Gasteiger partial charge in [0.2, 0.25) is 0 Å².